The molecule has 0 aromatic carbocycles. The number of hydrogen-bond acceptors (Lipinski definition) is 4. The second-order valence-electron chi connectivity index (χ2n) is 3.71. The molecule has 16 heavy (non-hydrogen) atoms. The third-order valence-electron chi connectivity index (χ3n) is 2.31. The molecule has 0 radical (unpaired) electrons. The number of carbonyl (C=O) groups excluding carboxylic acids is 1. The van der Waals surface area contributed by atoms with Gasteiger partial charge in [-0.1, -0.05) is 18.0 Å². The second kappa shape index (κ2) is 7.87. The summed E-state index contributed by atoms with van der Waals surface area (Å²) >= 11 is 0. The molecule has 0 aliphatic carbocycles. The molecule has 0 atom stereocenters. The summed E-state index contributed by atoms with van der Waals surface area (Å²) in [7, 11) is 0. The van der Waals surface area contributed by atoms with E-state index in [0.29, 0.717) is 18.7 Å². The van der Waals surface area contributed by atoms with Crippen LogP contribution < -0.4 is 11.1 Å². The molecule has 90 valence electrons. The second-order valence-corrected chi connectivity index (χ2v) is 3.71. The fourth-order valence-corrected chi connectivity index (χ4v) is 1.39. The van der Waals surface area contributed by atoms with Crippen LogP contribution in [0.4, 0.5) is 0 Å². The van der Waals surface area contributed by atoms with Crippen LogP contribution in [0.1, 0.15) is 37.9 Å². The summed E-state index contributed by atoms with van der Waals surface area (Å²) in [6, 6.07) is 1.74. The maximum atomic E-state index is 11.4. The average Bonchev–Trinajstić information content (AvgIpc) is 2.79. The molecule has 0 unspecified atom stereocenters. The van der Waals surface area contributed by atoms with Crippen molar-refractivity contribution in [2.24, 2.45) is 5.73 Å². The number of amides is 1. The van der Waals surface area contributed by atoms with E-state index in [0.717, 1.165) is 32.2 Å². The van der Waals surface area contributed by atoms with Crippen LogP contribution in [0.2, 0.25) is 0 Å². The van der Waals surface area contributed by atoms with Crippen molar-refractivity contribution in [3.05, 3.63) is 18.0 Å². The molecule has 1 heterocycles. The van der Waals surface area contributed by atoms with E-state index >= 15 is 0 Å². The van der Waals surface area contributed by atoms with Gasteiger partial charge in [0.05, 0.1) is 12.7 Å². The summed E-state index contributed by atoms with van der Waals surface area (Å²) in [4.78, 5) is 11.4. The molecule has 0 aliphatic heterocycles. The van der Waals surface area contributed by atoms with Crippen LogP contribution in [0.3, 0.4) is 0 Å². The minimum absolute atomic E-state index is 0.0594. The normalized spacial score (nSPS) is 10.3. The van der Waals surface area contributed by atoms with E-state index in [2.05, 4.69) is 10.5 Å². The zero-order valence-corrected chi connectivity index (χ0v) is 9.45. The first-order valence-corrected chi connectivity index (χ1v) is 5.69. The zero-order valence-electron chi connectivity index (χ0n) is 9.45. The quantitative estimate of drug-likeness (QED) is 0.651. The molecule has 0 bridgehead atoms. The van der Waals surface area contributed by atoms with Crippen LogP contribution in [0.5, 0.6) is 0 Å². The third-order valence-corrected chi connectivity index (χ3v) is 2.31. The van der Waals surface area contributed by atoms with Gasteiger partial charge in [0.25, 0.3) is 0 Å². The number of hydrogen-bond donors (Lipinski definition) is 2. The number of nitrogens with one attached hydrogen (secondary N) is 1. The first kappa shape index (κ1) is 12.7. The molecule has 0 spiro atoms. The molecular formula is C11H19N3O2. The van der Waals surface area contributed by atoms with E-state index in [1.807, 2.05) is 0 Å². The van der Waals surface area contributed by atoms with Crippen molar-refractivity contribution < 1.29 is 9.32 Å². The Morgan fingerprint density at radius 1 is 1.38 bits per heavy atom. The molecule has 0 saturated carbocycles. The first-order valence-electron chi connectivity index (χ1n) is 5.69. The van der Waals surface area contributed by atoms with Crippen molar-refractivity contribution in [1.29, 1.82) is 0 Å². The Balaban J connectivity index is 1.99. The summed E-state index contributed by atoms with van der Waals surface area (Å²) in [5.41, 5.74) is 5.38. The zero-order chi connectivity index (χ0) is 11.6. The van der Waals surface area contributed by atoms with Gasteiger partial charge in [0, 0.05) is 12.5 Å². The highest BCUT2D eigenvalue weighted by Gasteiger charge is 2.02. The lowest BCUT2D eigenvalue weighted by Crippen LogP contribution is -2.22. The van der Waals surface area contributed by atoms with Crippen LogP contribution in [-0.4, -0.2) is 17.6 Å². The highest BCUT2D eigenvalue weighted by atomic mass is 16.5. The van der Waals surface area contributed by atoms with Gasteiger partial charge in [-0.15, -0.1) is 0 Å². The predicted octanol–water partition coefficient (Wildman–Crippen LogP) is 1.20. The van der Waals surface area contributed by atoms with E-state index < -0.39 is 0 Å². The highest BCUT2D eigenvalue weighted by Crippen LogP contribution is 2.02. The van der Waals surface area contributed by atoms with Crippen molar-refractivity contribution in [2.75, 3.05) is 6.54 Å². The fraction of sp³-hybridized carbons (Fsp3) is 0.636. The van der Waals surface area contributed by atoms with E-state index in [-0.39, 0.29) is 5.91 Å². The Labute approximate surface area is 95.4 Å². The van der Waals surface area contributed by atoms with Gasteiger partial charge in [0.2, 0.25) is 5.91 Å². The van der Waals surface area contributed by atoms with Crippen LogP contribution in [-0.2, 0) is 11.3 Å². The van der Waals surface area contributed by atoms with Gasteiger partial charge in [0.1, 0.15) is 0 Å². The Bertz CT molecular complexity index is 285. The molecule has 5 nitrogen and oxygen atoms in total. The topological polar surface area (TPSA) is 81.2 Å². The maximum absolute atomic E-state index is 11.4. The number of nitrogens with two attached hydrogens (primary N) is 1. The fourth-order valence-electron chi connectivity index (χ4n) is 1.39. The molecule has 1 rings (SSSR count). The minimum atomic E-state index is 0.0594. The van der Waals surface area contributed by atoms with E-state index in [4.69, 9.17) is 10.3 Å². The Hall–Kier alpha value is -1.36. The summed E-state index contributed by atoms with van der Waals surface area (Å²) in [5.74, 6) is 0.737. The summed E-state index contributed by atoms with van der Waals surface area (Å²) in [6.07, 6.45) is 6.26. The van der Waals surface area contributed by atoms with Crippen molar-refractivity contribution in [3.8, 4) is 0 Å². The lowest BCUT2D eigenvalue weighted by molar-refractivity contribution is -0.121. The Morgan fingerprint density at radius 3 is 2.88 bits per heavy atom. The molecule has 0 fully saturated rings. The number of rotatable bonds is 8. The summed E-state index contributed by atoms with van der Waals surface area (Å²) in [5, 5.41) is 6.34. The number of unbranched alkanes of at least 4 members (excludes halogenated alkanes) is 3. The SMILES string of the molecule is NCCCCCCC(=O)NCc1ccno1. The van der Waals surface area contributed by atoms with Crippen molar-refractivity contribution in [1.82, 2.24) is 10.5 Å². The lowest BCUT2D eigenvalue weighted by atomic mass is 10.1. The van der Waals surface area contributed by atoms with Gasteiger partial charge in [-0.2, -0.15) is 0 Å². The average molecular weight is 225 g/mol. The summed E-state index contributed by atoms with van der Waals surface area (Å²) < 4.78 is 4.86. The minimum Gasteiger partial charge on any atom is -0.360 e. The van der Waals surface area contributed by atoms with Gasteiger partial charge < -0.3 is 15.6 Å². The van der Waals surface area contributed by atoms with Gasteiger partial charge >= 0.3 is 0 Å². The number of carbonyl (C=O) groups is 1. The monoisotopic (exact) mass is 225 g/mol. The van der Waals surface area contributed by atoms with E-state index in [1.165, 1.54) is 0 Å². The molecule has 1 aromatic rings. The molecule has 5 heteroatoms. The molecule has 0 aliphatic rings. The van der Waals surface area contributed by atoms with Crippen molar-refractivity contribution >= 4 is 5.91 Å². The van der Waals surface area contributed by atoms with Crippen molar-refractivity contribution in [2.45, 2.75) is 38.6 Å². The van der Waals surface area contributed by atoms with Gasteiger partial charge in [-0.3, -0.25) is 4.79 Å². The molecule has 0 saturated heterocycles. The first-order chi connectivity index (χ1) is 7.83. The predicted molar refractivity (Wildman–Crippen MR) is 60.5 cm³/mol. The standard InChI is InChI=1S/C11H19N3O2/c12-7-4-2-1-3-5-11(15)13-9-10-6-8-14-16-10/h6,8H,1-5,7,9,12H2,(H,13,15). The van der Waals surface area contributed by atoms with Crippen LogP contribution in [0, 0.1) is 0 Å². The van der Waals surface area contributed by atoms with Gasteiger partial charge in [0.15, 0.2) is 5.76 Å². The molecule has 1 amide bonds. The third kappa shape index (κ3) is 5.50. The summed E-state index contributed by atoms with van der Waals surface area (Å²) in [6.45, 7) is 1.15. The lowest BCUT2D eigenvalue weighted by Gasteiger charge is -2.02. The van der Waals surface area contributed by atoms with E-state index in [1.54, 1.807) is 12.3 Å². The molecule has 1 aromatic heterocycles. The van der Waals surface area contributed by atoms with Crippen LogP contribution in [0.15, 0.2) is 16.8 Å². The smallest absolute Gasteiger partial charge is 0.220 e. The van der Waals surface area contributed by atoms with E-state index in [9.17, 15) is 4.79 Å². The molecular weight excluding hydrogens is 206 g/mol. The number of aromatic nitrogens is 1. The highest BCUT2D eigenvalue weighted by molar-refractivity contribution is 5.75. The van der Waals surface area contributed by atoms with Crippen molar-refractivity contribution in [3.63, 3.8) is 0 Å². The Kier molecular flexibility index (Phi) is 6.25. The van der Waals surface area contributed by atoms with Crippen LogP contribution in [0.25, 0.3) is 0 Å². The maximum Gasteiger partial charge on any atom is 0.220 e. The number of nitrogens with zero attached hydrogens (tertiary/aromatic N) is 1. The molecule has 3 N–H and O–H groups in total. The van der Waals surface area contributed by atoms with Crippen LogP contribution >= 0.6 is 0 Å². The largest absolute Gasteiger partial charge is 0.360 e. The van der Waals surface area contributed by atoms with Gasteiger partial charge in [-0.05, 0) is 19.4 Å². The van der Waals surface area contributed by atoms with Gasteiger partial charge in [-0.25, -0.2) is 0 Å². The Morgan fingerprint density at radius 2 is 2.19 bits per heavy atom.